The Morgan fingerprint density at radius 1 is 0.927 bits per heavy atom. The third-order valence-electron chi connectivity index (χ3n) is 6.28. The quantitative estimate of drug-likeness (QED) is 0.283. The minimum absolute atomic E-state index is 0.126. The first kappa shape index (κ1) is 32.7. The number of carbonyl (C=O) groups is 2. The fourth-order valence-electron chi connectivity index (χ4n) is 4.31. The largest absolute Gasteiger partial charge is 0.350 e. The van der Waals surface area contributed by atoms with Gasteiger partial charge < -0.3 is 10.2 Å². The zero-order chi connectivity index (χ0) is 30.5. The highest BCUT2D eigenvalue weighted by molar-refractivity contribution is 7.92. The summed E-state index contributed by atoms with van der Waals surface area (Å²) in [5.74, 6) is -1.02. The van der Waals surface area contributed by atoms with Gasteiger partial charge in [-0.3, -0.25) is 13.9 Å². The number of hydrogen-bond acceptors (Lipinski definition) is 4. The number of nitrogens with zero attached hydrogens (tertiary/aromatic N) is 2. The maximum Gasteiger partial charge on any atom is 0.244 e. The minimum atomic E-state index is -3.93. The fourth-order valence-corrected chi connectivity index (χ4v) is 5.89. The Morgan fingerprint density at radius 2 is 1.54 bits per heavy atom. The number of rotatable bonds is 10. The molecule has 3 rings (SSSR count). The van der Waals surface area contributed by atoms with Crippen LogP contribution in [0.5, 0.6) is 0 Å². The second kappa shape index (κ2) is 13.5. The number of carbonyl (C=O) groups excluding carboxylic acids is 2. The lowest BCUT2D eigenvalue weighted by Crippen LogP contribution is -2.56. The van der Waals surface area contributed by atoms with Crippen LogP contribution in [0.3, 0.4) is 0 Å². The van der Waals surface area contributed by atoms with Crippen LogP contribution in [0.1, 0.15) is 37.5 Å². The van der Waals surface area contributed by atoms with E-state index in [1.807, 2.05) is 51.1 Å². The average Bonchev–Trinajstić information content (AvgIpc) is 2.86. The van der Waals surface area contributed by atoms with Crippen molar-refractivity contribution in [2.75, 3.05) is 17.1 Å². The maximum absolute atomic E-state index is 14.2. The number of benzene rings is 3. The van der Waals surface area contributed by atoms with E-state index in [0.29, 0.717) is 26.2 Å². The van der Waals surface area contributed by atoms with E-state index in [1.54, 1.807) is 37.3 Å². The molecule has 0 fully saturated rings. The van der Waals surface area contributed by atoms with Crippen LogP contribution in [0.15, 0.2) is 66.7 Å². The molecule has 7 nitrogen and oxygen atoms in total. The van der Waals surface area contributed by atoms with Gasteiger partial charge in [-0.05, 0) is 63.1 Å². The summed E-state index contributed by atoms with van der Waals surface area (Å²) in [5.41, 5.74) is 1.54. The molecule has 0 radical (unpaired) electrons. The van der Waals surface area contributed by atoms with Crippen molar-refractivity contribution in [1.82, 2.24) is 10.2 Å². The second-order valence-electron chi connectivity index (χ2n) is 10.9. The first-order valence-electron chi connectivity index (χ1n) is 12.9. The van der Waals surface area contributed by atoms with Crippen LogP contribution in [-0.2, 0) is 32.6 Å². The minimum Gasteiger partial charge on any atom is -0.350 e. The normalized spacial score (nSPS) is 12.5. The van der Waals surface area contributed by atoms with E-state index in [1.165, 1.54) is 11.0 Å². The summed E-state index contributed by atoms with van der Waals surface area (Å²) in [4.78, 5) is 29.4. The van der Waals surface area contributed by atoms with Gasteiger partial charge >= 0.3 is 0 Å². The number of anilines is 1. The lowest BCUT2D eigenvalue weighted by molar-refractivity contribution is -0.140. The number of amides is 2. The summed E-state index contributed by atoms with van der Waals surface area (Å²) in [6.07, 6.45) is 1.19. The third kappa shape index (κ3) is 9.10. The molecule has 3 aromatic rings. The summed E-state index contributed by atoms with van der Waals surface area (Å²) in [6.45, 7) is 6.55. The molecule has 0 saturated carbocycles. The van der Waals surface area contributed by atoms with Crippen molar-refractivity contribution < 1.29 is 18.0 Å². The van der Waals surface area contributed by atoms with E-state index >= 15 is 0 Å². The first-order valence-corrected chi connectivity index (χ1v) is 15.9. The van der Waals surface area contributed by atoms with Gasteiger partial charge in [0.1, 0.15) is 12.6 Å². The van der Waals surface area contributed by atoms with E-state index in [0.717, 1.165) is 16.1 Å². The number of aryl methyl sites for hydroxylation is 1. The van der Waals surface area contributed by atoms with Crippen LogP contribution in [0.25, 0.3) is 0 Å². The number of nitrogens with one attached hydrogen (secondary N) is 1. The van der Waals surface area contributed by atoms with E-state index in [2.05, 4.69) is 5.32 Å². The molecule has 0 aliphatic heterocycles. The Labute approximate surface area is 257 Å². The van der Waals surface area contributed by atoms with Gasteiger partial charge in [-0.2, -0.15) is 0 Å². The first-order chi connectivity index (χ1) is 19.1. The van der Waals surface area contributed by atoms with Crippen LogP contribution in [-0.4, -0.2) is 49.5 Å². The molecule has 3 aromatic carbocycles. The van der Waals surface area contributed by atoms with Crippen LogP contribution in [0.4, 0.5) is 5.69 Å². The highest BCUT2D eigenvalue weighted by atomic mass is 35.5. The lowest BCUT2D eigenvalue weighted by atomic mass is 10.0. The Hall–Kier alpha value is -2.78. The smallest absolute Gasteiger partial charge is 0.244 e. The molecule has 2 amide bonds. The summed E-state index contributed by atoms with van der Waals surface area (Å²) < 4.78 is 27.0. The molecule has 1 atom stereocenters. The molecular weight excluding hydrogens is 605 g/mol. The summed E-state index contributed by atoms with van der Waals surface area (Å²) >= 11 is 19.2. The zero-order valence-electron chi connectivity index (χ0n) is 23.6. The van der Waals surface area contributed by atoms with Crippen molar-refractivity contribution in [2.24, 2.45) is 0 Å². The zero-order valence-corrected chi connectivity index (χ0v) is 26.7. The van der Waals surface area contributed by atoms with E-state index < -0.39 is 40.0 Å². The van der Waals surface area contributed by atoms with Crippen LogP contribution < -0.4 is 9.62 Å². The Balaban J connectivity index is 2.15. The highest BCUT2D eigenvalue weighted by Gasteiger charge is 2.35. The number of halogens is 3. The molecule has 0 unspecified atom stereocenters. The molecule has 1 N–H and O–H groups in total. The fraction of sp³-hybridized carbons (Fsp3) is 0.333. The van der Waals surface area contributed by atoms with Crippen LogP contribution in [0, 0.1) is 6.92 Å². The van der Waals surface area contributed by atoms with Crippen molar-refractivity contribution in [1.29, 1.82) is 0 Å². The van der Waals surface area contributed by atoms with Gasteiger partial charge in [0.05, 0.1) is 11.9 Å². The van der Waals surface area contributed by atoms with E-state index in [9.17, 15) is 18.0 Å². The molecule has 0 spiro atoms. The van der Waals surface area contributed by atoms with Gasteiger partial charge in [-0.1, -0.05) is 77.3 Å². The lowest BCUT2D eigenvalue weighted by Gasteiger charge is -2.35. The molecule has 11 heteroatoms. The predicted molar refractivity (Wildman–Crippen MR) is 167 cm³/mol. The summed E-state index contributed by atoms with van der Waals surface area (Å²) in [6, 6.07) is 18.0. The van der Waals surface area contributed by atoms with Gasteiger partial charge in [-0.25, -0.2) is 8.42 Å². The van der Waals surface area contributed by atoms with Gasteiger partial charge in [0.2, 0.25) is 21.8 Å². The Morgan fingerprint density at radius 3 is 2.10 bits per heavy atom. The van der Waals surface area contributed by atoms with E-state index in [4.69, 9.17) is 34.8 Å². The van der Waals surface area contributed by atoms with Crippen molar-refractivity contribution in [3.8, 4) is 0 Å². The summed E-state index contributed by atoms with van der Waals surface area (Å²) in [5, 5.41) is 3.92. The average molecular weight is 639 g/mol. The van der Waals surface area contributed by atoms with Crippen molar-refractivity contribution in [3.63, 3.8) is 0 Å². The van der Waals surface area contributed by atoms with Crippen molar-refractivity contribution in [2.45, 2.75) is 52.2 Å². The molecule has 0 bridgehead atoms. The topological polar surface area (TPSA) is 86.8 Å². The molecule has 41 heavy (non-hydrogen) atoms. The summed E-state index contributed by atoms with van der Waals surface area (Å²) in [7, 11) is -3.93. The number of sulfonamides is 1. The van der Waals surface area contributed by atoms with Gasteiger partial charge in [0.15, 0.2) is 0 Å². The van der Waals surface area contributed by atoms with Gasteiger partial charge in [0.25, 0.3) is 0 Å². The monoisotopic (exact) mass is 637 g/mol. The third-order valence-corrected chi connectivity index (χ3v) is 8.35. The van der Waals surface area contributed by atoms with Crippen LogP contribution >= 0.6 is 34.8 Å². The molecule has 0 saturated heterocycles. The molecular formula is C30H34Cl3N3O4S. The molecule has 0 heterocycles. The van der Waals surface area contributed by atoms with Crippen LogP contribution in [0.2, 0.25) is 15.1 Å². The van der Waals surface area contributed by atoms with Crippen molar-refractivity contribution >= 4 is 62.3 Å². The van der Waals surface area contributed by atoms with Gasteiger partial charge in [-0.15, -0.1) is 0 Å². The molecule has 0 aromatic heterocycles. The SMILES string of the molecule is Cc1ccc(Cl)cc1N(CC(=O)N(Cc1c(Cl)cccc1Cl)[C@@H](Cc1ccccc1)C(=O)NC(C)(C)C)S(C)(=O)=O. The number of hydrogen-bond donors (Lipinski definition) is 1. The molecule has 0 aliphatic rings. The predicted octanol–water partition coefficient (Wildman–Crippen LogP) is 6.28. The maximum atomic E-state index is 14.2. The molecule has 0 aliphatic carbocycles. The Kier molecular flexibility index (Phi) is 10.7. The molecule has 220 valence electrons. The van der Waals surface area contributed by atoms with Crippen molar-refractivity contribution in [3.05, 3.63) is 98.5 Å². The highest BCUT2D eigenvalue weighted by Crippen LogP contribution is 2.29. The van der Waals surface area contributed by atoms with E-state index in [-0.39, 0.29) is 18.7 Å². The Bertz CT molecular complexity index is 1490. The van der Waals surface area contributed by atoms with Gasteiger partial charge in [0, 0.05) is 39.1 Å². The standard InChI is InChI=1S/C30H34Cl3N3O4S/c1-20-14-15-22(31)17-26(20)36(41(5,39)40)19-28(37)35(18-23-24(32)12-9-13-25(23)33)27(29(38)34-30(2,3)4)16-21-10-7-6-8-11-21/h6-15,17,27H,16,18-19H2,1-5H3,(H,34,38)/t27-/m0/s1. The second-order valence-corrected chi connectivity index (χ2v) is 14.0.